The van der Waals surface area contributed by atoms with E-state index < -0.39 is 90.5 Å². The Morgan fingerprint density at radius 3 is 2.02 bits per heavy atom. The Labute approximate surface area is 361 Å². The molecule has 1 aromatic carbocycles. The summed E-state index contributed by atoms with van der Waals surface area (Å²) >= 11 is 0. The largest absolute Gasteiger partial charge is 0.480 e. The normalized spacial score (nSPS) is 25.0. The minimum absolute atomic E-state index is 0.0483. The zero-order chi connectivity index (χ0) is 45.0. The van der Waals surface area contributed by atoms with Crippen LogP contribution in [0, 0.1) is 0 Å². The second-order valence-electron chi connectivity index (χ2n) is 16.2. The summed E-state index contributed by atoms with van der Waals surface area (Å²) < 4.78 is 18.1. The Kier molecular flexibility index (Phi) is 21.7. The number of H-pyrrole nitrogens is 1. The Hall–Kier alpha value is -4.05. The molecule has 4 rings (SSSR count). The van der Waals surface area contributed by atoms with E-state index in [1.807, 2.05) is 4.98 Å². The third-order valence-electron chi connectivity index (χ3n) is 11.4. The van der Waals surface area contributed by atoms with Crippen molar-refractivity contribution in [3.63, 3.8) is 0 Å². The number of nitrogens with two attached hydrogens (primary N) is 1. The highest BCUT2D eigenvalue weighted by atomic mass is 16.7. The quantitative estimate of drug-likeness (QED) is 0.0505. The number of aliphatic hydroxyl groups excluding tert-OH is 4. The highest BCUT2D eigenvalue weighted by Gasteiger charge is 2.54. The maximum atomic E-state index is 13.5. The van der Waals surface area contributed by atoms with Crippen LogP contribution in [0.2, 0.25) is 0 Å². The second kappa shape index (κ2) is 26.5. The Morgan fingerprint density at radius 2 is 1.44 bits per heavy atom. The fraction of sp³-hybridized carbons (Fsp3) is 0.698. The predicted octanol–water partition coefficient (Wildman–Crippen LogP) is 0.775. The van der Waals surface area contributed by atoms with Crippen LogP contribution in [-0.2, 0) is 23.8 Å². The molecule has 2 aromatic rings. The molecule has 19 heteroatoms. The van der Waals surface area contributed by atoms with Crippen LogP contribution >= 0.6 is 0 Å². The van der Waals surface area contributed by atoms with Crippen LogP contribution in [0.25, 0.3) is 0 Å². The van der Waals surface area contributed by atoms with Gasteiger partial charge in [0.1, 0.15) is 54.8 Å². The van der Waals surface area contributed by atoms with Gasteiger partial charge in [-0.2, -0.15) is 0 Å². The van der Waals surface area contributed by atoms with Crippen molar-refractivity contribution >= 4 is 17.8 Å². The van der Waals surface area contributed by atoms with Gasteiger partial charge in [-0.3, -0.25) is 28.7 Å². The number of benzene rings is 1. The van der Waals surface area contributed by atoms with Crippen molar-refractivity contribution in [2.75, 3.05) is 19.6 Å². The SMILES string of the molecule is CCCCCCCCCCCCCCC[C@H](NC(=O)c1ccccc1)C(=O)NCCCN[C@H](C(=O)O)[C@H](O[C@@H]1O[C@H](CN)[C@@H](O)[C@H]1O)[C@H]1O[C@@H](n2ccc(=O)[nH]c2=O)[C@H](O)[C@@H]1O. The second-order valence-corrected chi connectivity index (χ2v) is 16.2. The summed E-state index contributed by atoms with van der Waals surface area (Å²) in [6.45, 7) is 2.03. The third-order valence-corrected chi connectivity index (χ3v) is 11.4. The predicted molar refractivity (Wildman–Crippen MR) is 227 cm³/mol. The number of nitrogens with one attached hydrogen (secondary N) is 4. The summed E-state index contributed by atoms with van der Waals surface area (Å²) in [5.74, 6) is -2.28. The number of nitrogens with zero attached hydrogens (tertiary/aromatic N) is 1. The number of aromatic nitrogens is 2. The van der Waals surface area contributed by atoms with Crippen LogP contribution in [-0.4, -0.2) is 134 Å². The summed E-state index contributed by atoms with van der Waals surface area (Å²) in [6, 6.07) is 7.04. The molecule has 62 heavy (non-hydrogen) atoms. The van der Waals surface area contributed by atoms with Crippen molar-refractivity contribution in [1.29, 1.82) is 0 Å². The first-order chi connectivity index (χ1) is 29.9. The van der Waals surface area contributed by atoms with Crippen LogP contribution in [0.3, 0.4) is 0 Å². The van der Waals surface area contributed by atoms with Gasteiger partial charge in [-0.15, -0.1) is 0 Å². The van der Waals surface area contributed by atoms with E-state index in [-0.39, 0.29) is 32.0 Å². The number of unbranched alkanes of at least 4 members (excludes halogenated alkanes) is 12. The van der Waals surface area contributed by atoms with E-state index in [2.05, 4.69) is 22.9 Å². The van der Waals surface area contributed by atoms with Gasteiger partial charge in [0.15, 0.2) is 12.5 Å². The van der Waals surface area contributed by atoms with Crippen LogP contribution in [0.4, 0.5) is 0 Å². The molecule has 0 unspecified atom stereocenters. The minimum Gasteiger partial charge on any atom is -0.480 e. The van der Waals surface area contributed by atoms with Crippen LogP contribution in [0.15, 0.2) is 52.2 Å². The molecule has 11 atom stereocenters. The summed E-state index contributed by atoms with van der Waals surface area (Å²) in [6.07, 6.45) is 2.30. The molecule has 0 spiro atoms. The van der Waals surface area contributed by atoms with Crippen molar-refractivity contribution in [2.24, 2.45) is 5.73 Å². The lowest BCUT2D eigenvalue weighted by Gasteiger charge is -2.33. The number of carboxylic acids is 1. The Bertz CT molecular complexity index is 1760. The smallest absolute Gasteiger partial charge is 0.330 e. The van der Waals surface area contributed by atoms with Crippen molar-refractivity contribution in [3.05, 3.63) is 69.0 Å². The first kappa shape index (κ1) is 50.6. The van der Waals surface area contributed by atoms with E-state index in [1.165, 1.54) is 57.8 Å². The Balaban J connectivity index is 1.34. The van der Waals surface area contributed by atoms with Crippen molar-refractivity contribution in [2.45, 2.75) is 171 Å². The molecule has 2 fully saturated rings. The van der Waals surface area contributed by atoms with Gasteiger partial charge in [-0.1, -0.05) is 109 Å². The third kappa shape index (κ3) is 15.0. The molecule has 19 nitrogen and oxygen atoms in total. The summed E-state index contributed by atoms with van der Waals surface area (Å²) in [5.41, 5.74) is 4.36. The highest BCUT2D eigenvalue weighted by Crippen LogP contribution is 2.34. The number of carbonyl (C=O) groups is 3. The molecule has 2 aliphatic rings. The summed E-state index contributed by atoms with van der Waals surface area (Å²) in [7, 11) is 0. The minimum atomic E-state index is -1.86. The van der Waals surface area contributed by atoms with Gasteiger partial charge in [0.25, 0.3) is 11.5 Å². The Morgan fingerprint density at radius 1 is 0.806 bits per heavy atom. The molecule has 0 aliphatic carbocycles. The molecule has 2 amide bonds. The molecule has 0 radical (unpaired) electrons. The van der Waals surface area contributed by atoms with E-state index in [4.69, 9.17) is 19.9 Å². The van der Waals surface area contributed by atoms with Crippen LogP contribution < -0.4 is 32.9 Å². The standard InChI is InChI=1S/C43H68N6O13/c1-2-3-4-5-6-7-8-9-10-11-12-13-17-21-28(47-38(55)27-19-15-14-16-20-27)39(56)46-24-18-23-45-31(41(57)58)36(62-42-35(54)32(51)29(26-44)60-42)37-33(52)34(53)40(61-37)49-25-22-30(50)48-43(49)59/h14-16,19-20,22,25,28-29,31-37,40,42,45,51-54H,2-13,17-18,21,23-24,26,44H2,1H3,(H,46,56)(H,47,55)(H,57,58)(H,48,50,59)/t28-,29+,31-,32+,33-,34+,35+,36-,37-,40+,42-/m0/s1. The van der Waals surface area contributed by atoms with E-state index in [9.17, 15) is 49.5 Å². The average molecular weight is 877 g/mol. The molecule has 0 bridgehead atoms. The number of hydrogen-bond acceptors (Lipinski definition) is 14. The number of carboxylic acid groups (broad SMARTS) is 1. The maximum Gasteiger partial charge on any atom is 0.330 e. The van der Waals surface area contributed by atoms with Gasteiger partial charge < -0.3 is 61.4 Å². The lowest BCUT2D eigenvalue weighted by molar-refractivity contribution is -0.228. The van der Waals surface area contributed by atoms with Crippen molar-refractivity contribution in [1.82, 2.24) is 25.5 Å². The first-order valence-corrected chi connectivity index (χ1v) is 22.2. The number of aliphatic carboxylic acids is 1. The average Bonchev–Trinajstić information content (AvgIpc) is 3.70. The number of ether oxygens (including phenoxy) is 3. The molecule has 2 aliphatic heterocycles. The molecule has 3 heterocycles. The summed E-state index contributed by atoms with van der Waals surface area (Å²) in [4.78, 5) is 65.5. The zero-order valence-corrected chi connectivity index (χ0v) is 35.6. The molecular formula is C43H68N6O13. The number of aromatic amines is 1. The van der Waals surface area contributed by atoms with Gasteiger partial charge in [0.05, 0.1) is 0 Å². The van der Waals surface area contributed by atoms with E-state index in [0.29, 0.717) is 12.0 Å². The van der Waals surface area contributed by atoms with E-state index >= 15 is 0 Å². The number of rotatable bonds is 29. The van der Waals surface area contributed by atoms with E-state index in [1.54, 1.807) is 30.3 Å². The first-order valence-electron chi connectivity index (χ1n) is 22.2. The molecule has 348 valence electrons. The molecule has 11 N–H and O–H groups in total. The number of carbonyl (C=O) groups excluding carboxylic acids is 2. The van der Waals surface area contributed by atoms with Gasteiger partial charge in [-0.05, 0) is 31.5 Å². The molecule has 2 saturated heterocycles. The maximum absolute atomic E-state index is 13.5. The molecule has 0 saturated carbocycles. The van der Waals surface area contributed by atoms with Crippen LogP contribution in [0.1, 0.15) is 120 Å². The lowest BCUT2D eigenvalue weighted by Crippen LogP contribution is -2.57. The number of amides is 2. The molecule has 1 aromatic heterocycles. The fourth-order valence-electron chi connectivity index (χ4n) is 7.83. The fourth-order valence-corrected chi connectivity index (χ4v) is 7.83. The number of hydrogen-bond donors (Lipinski definition) is 10. The monoisotopic (exact) mass is 876 g/mol. The topological polar surface area (TPSA) is 297 Å². The van der Waals surface area contributed by atoms with Gasteiger partial charge >= 0.3 is 11.7 Å². The van der Waals surface area contributed by atoms with Gasteiger partial charge in [-0.25, -0.2) is 4.79 Å². The van der Waals surface area contributed by atoms with E-state index in [0.717, 1.165) is 42.5 Å². The van der Waals surface area contributed by atoms with Gasteiger partial charge in [0.2, 0.25) is 5.91 Å². The lowest BCUT2D eigenvalue weighted by atomic mass is 9.98. The van der Waals surface area contributed by atoms with Gasteiger partial charge in [0, 0.05) is 30.9 Å². The highest BCUT2D eigenvalue weighted by molar-refractivity contribution is 5.97. The molecular weight excluding hydrogens is 809 g/mol. The zero-order valence-electron chi connectivity index (χ0n) is 35.6. The number of aliphatic hydroxyl groups is 4. The van der Waals surface area contributed by atoms with Crippen molar-refractivity contribution in [3.8, 4) is 0 Å². The van der Waals surface area contributed by atoms with Crippen molar-refractivity contribution < 1.29 is 54.1 Å². The summed E-state index contributed by atoms with van der Waals surface area (Å²) in [5, 5.41) is 62.1. The van der Waals surface area contributed by atoms with Crippen LogP contribution in [0.5, 0.6) is 0 Å².